The summed E-state index contributed by atoms with van der Waals surface area (Å²) in [4.78, 5) is 0. The molecule has 0 spiro atoms. The lowest BCUT2D eigenvalue weighted by molar-refractivity contribution is 0.571. The van der Waals surface area contributed by atoms with Crippen LogP contribution in [0.2, 0.25) is 0 Å². The Morgan fingerprint density at radius 3 is 2.70 bits per heavy atom. The highest BCUT2D eigenvalue weighted by molar-refractivity contribution is 5.65. The van der Waals surface area contributed by atoms with E-state index in [9.17, 15) is 4.39 Å². The van der Waals surface area contributed by atoms with Gasteiger partial charge in [0, 0.05) is 11.6 Å². The summed E-state index contributed by atoms with van der Waals surface area (Å²) in [5.41, 5.74) is 3.88. The van der Waals surface area contributed by atoms with Crippen LogP contribution in [0.3, 0.4) is 0 Å². The lowest BCUT2D eigenvalue weighted by Gasteiger charge is -2.15. The van der Waals surface area contributed by atoms with Crippen molar-refractivity contribution in [2.75, 3.05) is 6.54 Å². The van der Waals surface area contributed by atoms with Crippen LogP contribution in [0.4, 0.5) is 4.39 Å². The summed E-state index contributed by atoms with van der Waals surface area (Å²) < 4.78 is 14.0. The van der Waals surface area contributed by atoms with Gasteiger partial charge in [-0.15, -0.1) is 0 Å². The molecule has 0 aromatic heterocycles. The van der Waals surface area contributed by atoms with Crippen LogP contribution in [0.25, 0.3) is 11.1 Å². The SMILES string of the molecule is CCCNC(C)c1cccc(-c2cc(C)ccc2F)c1. The van der Waals surface area contributed by atoms with Crippen LogP contribution in [0, 0.1) is 12.7 Å². The fraction of sp³-hybridized carbons (Fsp3) is 0.333. The first-order valence-electron chi connectivity index (χ1n) is 7.21. The highest BCUT2D eigenvalue weighted by Gasteiger charge is 2.09. The number of aryl methyl sites for hydroxylation is 1. The molecule has 106 valence electrons. The molecule has 2 aromatic carbocycles. The van der Waals surface area contributed by atoms with Gasteiger partial charge < -0.3 is 5.32 Å². The van der Waals surface area contributed by atoms with E-state index in [2.05, 4.69) is 31.3 Å². The van der Waals surface area contributed by atoms with Gasteiger partial charge in [0.1, 0.15) is 5.82 Å². The molecule has 0 bridgehead atoms. The van der Waals surface area contributed by atoms with Gasteiger partial charge >= 0.3 is 0 Å². The van der Waals surface area contributed by atoms with Crippen LogP contribution in [0.5, 0.6) is 0 Å². The number of hydrogen-bond acceptors (Lipinski definition) is 1. The summed E-state index contributed by atoms with van der Waals surface area (Å²) in [6.45, 7) is 7.27. The first-order valence-corrected chi connectivity index (χ1v) is 7.21. The molecule has 1 atom stereocenters. The third-order valence-electron chi connectivity index (χ3n) is 3.52. The molecule has 0 saturated heterocycles. The molecule has 0 saturated carbocycles. The van der Waals surface area contributed by atoms with Crippen molar-refractivity contribution in [1.29, 1.82) is 0 Å². The molecule has 0 aliphatic rings. The zero-order valence-electron chi connectivity index (χ0n) is 12.4. The Morgan fingerprint density at radius 2 is 1.95 bits per heavy atom. The van der Waals surface area contributed by atoms with Crippen LogP contribution in [-0.2, 0) is 0 Å². The van der Waals surface area contributed by atoms with Gasteiger partial charge in [-0.1, -0.05) is 36.8 Å². The monoisotopic (exact) mass is 271 g/mol. The smallest absolute Gasteiger partial charge is 0.131 e. The van der Waals surface area contributed by atoms with E-state index in [0.717, 1.165) is 24.1 Å². The third kappa shape index (κ3) is 3.45. The van der Waals surface area contributed by atoms with Crippen LogP contribution < -0.4 is 5.32 Å². The highest BCUT2D eigenvalue weighted by atomic mass is 19.1. The molecule has 1 unspecified atom stereocenters. The Labute approximate surface area is 120 Å². The van der Waals surface area contributed by atoms with E-state index in [1.165, 1.54) is 11.6 Å². The lowest BCUT2D eigenvalue weighted by Crippen LogP contribution is -2.19. The average Bonchev–Trinajstić information content (AvgIpc) is 2.47. The van der Waals surface area contributed by atoms with Crippen molar-refractivity contribution in [3.63, 3.8) is 0 Å². The van der Waals surface area contributed by atoms with Gasteiger partial charge in [-0.2, -0.15) is 0 Å². The van der Waals surface area contributed by atoms with Gasteiger partial charge in [-0.25, -0.2) is 4.39 Å². The first-order chi connectivity index (χ1) is 9.61. The van der Waals surface area contributed by atoms with Crippen molar-refractivity contribution in [2.45, 2.75) is 33.2 Å². The van der Waals surface area contributed by atoms with E-state index in [1.54, 1.807) is 6.07 Å². The molecule has 2 aromatic rings. The maximum absolute atomic E-state index is 14.0. The van der Waals surface area contributed by atoms with Crippen LogP contribution in [0.15, 0.2) is 42.5 Å². The van der Waals surface area contributed by atoms with Crippen molar-refractivity contribution < 1.29 is 4.39 Å². The predicted octanol–water partition coefficient (Wildman–Crippen LogP) is 4.86. The summed E-state index contributed by atoms with van der Waals surface area (Å²) in [6.07, 6.45) is 1.11. The topological polar surface area (TPSA) is 12.0 Å². The fourth-order valence-corrected chi connectivity index (χ4v) is 2.31. The molecule has 1 N–H and O–H groups in total. The quantitative estimate of drug-likeness (QED) is 0.818. The van der Waals surface area contributed by atoms with Crippen molar-refractivity contribution >= 4 is 0 Å². The molecule has 2 heteroatoms. The van der Waals surface area contributed by atoms with Gasteiger partial charge in [0.25, 0.3) is 0 Å². The summed E-state index contributed by atoms with van der Waals surface area (Å²) in [6, 6.07) is 13.6. The van der Waals surface area contributed by atoms with E-state index in [0.29, 0.717) is 5.56 Å². The number of nitrogens with one attached hydrogen (secondary N) is 1. The molecule has 0 radical (unpaired) electrons. The Kier molecular flexibility index (Phi) is 4.91. The maximum atomic E-state index is 14.0. The van der Waals surface area contributed by atoms with Gasteiger partial charge in [0.15, 0.2) is 0 Å². The second-order valence-corrected chi connectivity index (χ2v) is 5.28. The lowest BCUT2D eigenvalue weighted by atomic mass is 9.98. The standard InChI is InChI=1S/C18H22FN/c1-4-10-20-14(3)15-6-5-7-16(12-15)17-11-13(2)8-9-18(17)19/h5-9,11-12,14,20H,4,10H2,1-3H3. The summed E-state index contributed by atoms with van der Waals surface area (Å²) in [5, 5.41) is 3.46. The Hall–Kier alpha value is -1.67. The van der Waals surface area contributed by atoms with Crippen LogP contribution in [-0.4, -0.2) is 6.54 Å². The van der Waals surface area contributed by atoms with Crippen molar-refractivity contribution in [3.8, 4) is 11.1 Å². The van der Waals surface area contributed by atoms with Gasteiger partial charge in [-0.3, -0.25) is 0 Å². The molecule has 20 heavy (non-hydrogen) atoms. The highest BCUT2D eigenvalue weighted by Crippen LogP contribution is 2.26. The number of hydrogen-bond donors (Lipinski definition) is 1. The molecule has 2 rings (SSSR count). The Morgan fingerprint density at radius 1 is 1.15 bits per heavy atom. The molecule has 0 aliphatic carbocycles. The fourth-order valence-electron chi connectivity index (χ4n) is 2.31. The van der Waals surface area contributed by atoms with E-state index in [1.807, 2.05) is 25.1 Å². The molecule has 0 fully saturated rings. The van der Waals surface area contributed by atoms with Crippen LogP contribution >= 0.6 is 0 Å². The molecular formula is C18H22FN. The summed E-state index contributed by atoms with van der Waals surface area (Å²) in [7, 11) is 0. The first kappa shape index (κ1) is 14.7. The minimum Gasteiger partial charge on any atom is -0.310 e. The Bertz CT molecular complexity index is 577. The summed E-state index contributed by atoms with van der Waals surface area (Å²) in [5.74, 6) is -0.165. The van der Waals surface area contributed by atoms with Crippen LogP contribution in [0.1, 0.15) is 37.4 Å². The van der Waals surface area contributed by atoms with Crippen molar-refractivity contribution in [2.24, 2.45) is 0 Å². The van der Waals surface area contributed by atoms with E-state index in [4.69, 9.17) is 0 Å². The van der Waals surface area contributed by atoms with Crippen molar-refractivity contribution in [1.82, 2.24) is 5.32 Å². The summed E-state index contributed by atoms with van der Waals surface area (Å²) >= 11 is 0. The van der Waals surface area contributed by atoms with E-state index < -0.39 is 0 Å². The number of halogens is 1. The zero-order valence-corrected chi connectivity index (χ0v) is 12.4. The van der Waals surface area contributed by atoms with E-state index >= 15 is 0 Å². The van der Waals surface area contributed by atoms with Gasteiger partial charge in [0.2, 0.25) is 0 Å². The zero-order chi connectivity index (χ0) is 14.5. The van der Waals surface area contributed by atoms with Crippen molar-refractivity contribution in [3.05, 3.63) is 59.4 Å². The third-order valence-corrected chi connectivity index (χ3v) is 3.52. The molecule has 1 nitrogen and oxygen atoms in total. The predicted molar refractivity (Wildman–Crippen MR) is 83.3 cm³/mol. The second kappa shape index (κ2) is 6.67. The Balaban J connectivity index is 2.31. The largest absolute Gasteiger partial charge is 0.310 e. The molecular weight excluding hydrogens is 249 g/mol. The number of rotatable bonds is 5. The molecule has 0 amide bonds. The minimum absolute atomic E-state index is 0.165. The van der Waals surface area contributed by atoms with E-state index in [-0.39, 0.29) is 11.9 Å². The van der Waals surface area contributed by atoms with Gasteiger partial charge in [-0.05, 0) is 56.1 Å². The normalized spacial score (nSPS) is 12.4. The second-order valence-electron chi connectivity index (χ2n) is 5.28. The molecule has 0 aliphatic heterocycles. The maximum Gasteiger partial charge on any atom is 0.131 e. The molecule has 0 heterocycles. The number of benzene rings is 2. The minimum atomic E-state index is -0.165. The average molecular weight is 271 g/mol. The van der Waals surface area contributed by atoms with Gasteiger partial charge in [0.05, 0.1) is 0 Å².